The average molecular weight is 387 g/mol. The van der Waals surface area contributed by atoms with Crippen molar-refractivity contribution in [2.75, 3.05) is 13.6 Å². The lowest BCUT2D eigenvalue weighted by atomic mass is 9.98. The molecule has 1 aliphatic rings. The van der Waals surface area contributed by atoms with Gasteiger partial charge in [0.25, 0.3) is 0 Å². The fourth-order valence-electron chi connectivity index (χ4n) is 3.30. The van der Waals surface area contributed by atoms with Gasteiger partial charge in [-0.25, -0.2) is 4.98 Å². The van der Waals surface area contributed by atoms with Crippen LogP contribution >= 0.6 is 11.3 Å². The molecule has 2 N–H and O–H groups in total. The van der Waals surface area contributed by atoms with Crippen molar-refractivity contribution in [1.29, 1.82) is 0 Å². The number of aromatic nitrogens is 1. The van der Waals surface area contributed by atoms with E-state index in [1.54, 1.807) is 18.4 Å². The number of ether oxygens (including phenoxy) is 1. The number of benzene rings is 1. The quantitative estimate of drug-likeness (QED) is 0.556. The summed E-state index contributed by atoms with van der Waals surface area (Å²) in [5.41, 5.74) is 2.35. The number of aryl methyl sites for hydroxylation is 1. The summed E-state index contributed by atoms with van der Waals surface area (Å²) in [6.07, 6.45) is 7.60. The first-order valence-electron chi connectivity index (χ1n) is 9.84. The van der Waals surface area contributed by atoms with E-state index in [0.29, 0.717) is 6.10 Å². The minimum Gasteiger partial charge on any atom is -0.490 e. The molecule has 1 saturated carbocycles. The highest BCUT2D eigenvalue weighted by Gasteiger charge is 2.14. The molecule has 27 heavy (non-hydrogen) atoms. The predicted molar refractivity (Wildman–Crippen MR) is 113 cm³/mol. The molecule has 0 atom stereocenters. The molecule has 0 unspecified atom stereocenters. The number of nitrogens with one attached hydrogen (secondary N) is 2. The average Bonchev–Trinajstić information content (AvgIpc) is 3.11. The van der Waals surface area contributed by atoms with Crippen LogP contribution in [-0.4, -0.2) is 30.6 Å². The highest BCUT2D eigenvalue weighted by molar-refractivity contribution is 7.09. The molecular weight excluding hydrogens is 356 g/mol. The highest BCUT2D eigenvalue weighted by Crippen LogP contribution is 2.23. The monoisotopic (exact) mass is 386 g/mol. The first-order chi connectivity index (χ1) is 13.2. The van der Waals surface area contributed by atoms with Gasteiger partial charge in [0.05, 0.1) is 16.8 Å². The lowest BCUT2D eigenvalue weighted by Crippen LogP contribution is -2.37. The number of hydrogen-bond donors (Lipinski definition) is 2. The van der Waals surface area contributed by atoms with Gasteiger partial charge in [0, 0.05) is 31.9 Å². The zero-order valence-electron chi connectivity index (χ0n) is 16.3. The van der Waals surface area contributed by atoms with Crippen molar-refractivity contribution in [3.63, 3.8) is 0 Å². The molecule has 146 valence electrons. The number of nitrogens with zero attached hydrogens (tertiary/aromatic N) is 2. The second-order valence-corrected chi connectivity index (χ2v) is 8.04. The topological polar surface area (TPSA) is 58.5 Å². The van der Waals surface area contributed by atoms with Crippen LogP contribution in [0.25, 0.3) is 0 Å². The van der Waals surface area contributed by atoms with Crippen molar-refractivity contribution in [1.82, 2.24) is 15.6 Å². The van der Waals surface area contributed by atoms with E-state index < -0.39 is 0 Å². The SMILES string of the molecule is CN=C(NCCc1csc(C)n1)NCc1ccc(OC2CCCCC2)cc1. The predicted octanol–water partition coefficient (Wildman–Crippen LogP) is 4.07. The van der Waals surface area contributed by atoms with Gasteiger partial charge in [0.2, 0.25) is 0 Å². The molecule has 0 bridgehead atoms. The molecule has 1 fully saturated rings. The van der Waals surface area contributed by atoms with Gasteiger partial charge in [-0.15, -0.1) is 11.3 Å². The Kier molecular flexibility index (Phi) is 7.51. The van der Waals surface area contributed by atoms with E-state index in [-0.39, 0.29) is 0 Å². The lowest BCUT2D eigenvalue weighted by molar-refractivity contribution is 0.155. The summed E-state index contributed by atoms with van der Waals surface area (Å²) in [5, 5.41) is 9.93. The Bertz CT molecular complexity index is 720. The summed E-state index contributed by atoms with van der Waals surface area (Å²) >= 11 is 1.69. The minimum absolute atomic E-state index is 0.396. The Morgan fingerprint density at radius 1 is 1.19 bits per heavy atom. The molecule has 6 heteroatoms. The van der Waals surface area contributed by atoms with E-state index >= 15 is 0 Å². The summed E-state index contributed by atoms with van der Waals surface area (Å²) in [7, 11) is 1.80. The smallest absolute Gasteiger partial charge is 0.191 e. The van der Waals surface area contributed by atoms with Crippen LogP contribution in [0.4, 0.5) is 0 Å². The van der Waals surface area contributed by atoms with Gasteiger partial charge >= 0.3 is 0 Å². The van der Waals surface area contributed by atoms with Gasteiger partial charge in [-0.1, -0.05) is 18.6 Å². The summed E-state index contributed by atoms with van der Waals surface area (Å²) in [6, 6.07) is 8.39. The second kappa shape index (κ2) is 10.3. The third-order valence-electron chi connectivity index (χ3n) is 4.80. The molecule has 0 radical (unpaired) electrons. The molecule has 0 aliphatic heterocycles. The van der Waals surface area contributed by atoms with Crippen LogP contribution in [0.15, 0.2) is 34.6 Å². The Hall–Kier alpha value is -2.08. The third kappa shape index (κ3) is 6.54. The molecule has 2 aromatic rings. The fourth-order valence-corrected chi connectivity index (χ4v) is 3.95. The molecule has 1 aromatic carbocycles. The Morgan fingerprint density at radius 2 is 1.96 bits per heavy atom. The normalized spacial score (nSPS) is 15.6. The van der Waals surface area contributed by atoms with Crippen LogP contribution in [-0.2, 0) is 13.0 Å². The maximum absolute atomic E-state index is 6.09. The largest absolute Gasteiger partial charge is 0.490 e. The van der Waals surface area contributed by atoms with Crippen molar-refractivity contribution < 1.29 is 4.74 Å². The van der Waals surface area contributed by atoms with Crippen molar-refractivity contribution >= 4 is 17.3 Å². The van der Waals surface area contributed by atoms with Crippen LogP contribution in [0.5, 0.6) is 5.75 Å². The lowest BCUT2D eigenvalue weighted by Gasteiger charge is -2.23. The number of aliphatic imine (C=N–C) groups is 1. The number of hydrogen-bond acceptors (Lipinski definition) is 4. The van der Waals surface area contributed by atoms with Crippen molar-refractivity contribution in [3.05, 3.63) is 45.9 Å². The van der Waals surface area contributed by atoms with E-state index in [1.807, 2.05) is 6.92 Å². The van der Waals surface area contributed by atoms with E-state index in [4.69, 9.17) is 4.74 Å². The summed E-state index contributed by atoms with van der Waals surface area (Å²) in [4.78, 5) is 8.77. The molecule has 0 spiro atoms. The van der Waals surface area contributed by atoms with Gasteiger partial charge in [0.15, 0.2) is 5.96 Å². The summed E-state index contributed by atoms with van der Waals surface area (Å²) < 4.78 is 6.09. The van der Waals surface area contributed by atoms with Gasteiger partial charge in [-0.2, -0.15) is 0 Å². The van der Waals surface area contributed by atoms with Gasteiger partial charge in [-0.3, -0.25) is 4.99 Å². The Morgan fingerprint density at radius 3 is 2.63 bits per heavy atom. The van der Waals surface area contributed by atoms with Gasteiger partial charge in [-0.05, 0) is 50.3 Å². The highest BCUT2D eigenvalue weighted by atomic mass is 32.1. The molecular formula is C21H30N4OS. The van der Waals surface area contributed by atoms with Crippen LogP contribution in [0.3, 0.4) is 0 Å². The molecule has 1 aliphatic carbocycles. The molecule has 0 saturated heterocycles. The van der Waals surface area contributed by atoms with E-state index in [2.05, 4.69) is 50.3 Å². The fraction of sp³-hybridized carbons (Fsp3) is 0.524. The molecule has 0 amide bonds. The minimum atomic E-state index is 0.396. The van der Waals surface area contributed by atoms with Gasteiger partial charge < -0.3 is 15.4 Å². The number of thiazole rings is 1. The number of rotatable bonds is 7. The zero-order valence-corrected chi connectivity index (χ0v) is 17.1. The van der Waals surface area contributed by atoms with Crippen molar-refractivity contribution in [3.8, 4) is 5.75 Å². The maximum atomic E-state index is 6.09. The van der Waals surface area contributed by atoms with Gasteiger partial charge in [0.1, 0.15) is 5.75 Å². The first-order valence-corrected chi connectivity index (χ1v) is 10.7. The van der Waals surface area contributed by atoms with Crippen molar-refractivity contribution in [2.45, 2.75) is 58.1 Å². The maximum Gasteiger partial charge on any atom is 0.191 e. The molecule has 1 aromatic heterocycles. The molecule has 1 heterocycles. The standard InChI is InChI=1S/C21H30N4OS/c1-16-25-18(15-27-16)12-13-23-21(22-2)24-14-17-8-10-20(11-9-17)26-19-6-4-3-5-7-19/h8-11,15,19H,3-7,12-14H2,1-2H3,(H2,22,23,24). The molecule has 3 rings (SSSR count). The van der Waals surface area contributed by atoms with Crippen LogP contribution in [0.2, 0.25) is 0 Å². The number of guanidine groups is 1. The first kappa shape index (κ1) is 19.7. The summed E-state index contributed by atoms with van der Waals surface area (Å²) in [6.45, 7) is 3.59. The zero-order chi connectivity index (χ0) is 18.9. The summed E-state index contributed by atoms with van der Waals surface area (Å²) in [5.74, 6) is 1.79. The van der Waals surface area contributed by atoms with E-state index in [9.17, 15) is 0 Å². The van der Waals surface area contributed by atoms with E-state index in [0.717, 1.165) is 41.9 Å². The second-order valence-electron chi connectivity index (χ2n) is 6.98. The van der Waals surface area contributed by atoms with Crippen LogP contribution < -0.4 is 15.4 Å². The molecule has 5 nitrogen and oxygen atoms in total. The van der Waals surface area contributed by atoms with E-state index in [1.165, 1.54) is 37.7 Å². The van der Waals surface area contributed by atoms with Crippen molar-refractivity contribution in [2.24, 2.45) is 4.99 Å². The Balaban J connectivity index is 1.39. The Labute approximate surface area is 166 Å². The van der Waals surface area contributed by atoms with Crippen LogP contribution in [0.1, 0.15) is 48.4 Å². The van der Waals surface area contributed by atoms with Crippen LogP contribution in [0, 0.1) is 6.92 Å². The third-order valence-corrected chi connectivity index (χ3v) is 5.62.